The van der Waals surface area contributed by atoms with Crippen LogP contribution < -0.4 is 10.7 Å². The third kappa shape index (κ3) is 4.75. The quantitative estimate of drug-likeness (QED) is 0.369. The number of hydrogen-bond donors (Lipinski definition) is 4. The van der Waals surface area contributed by atoms with Crippen molar-refractivity contribution in [2.45, 2.75) is 18.7 Å². The molecule has 0 atom stereocenters. The van der Waals surface area contributed by atoms with Gasteiger partial charge >= 0.3 is 0 Å². The van der Waals surface area contributed by atoms with Crippen molar-refractivity contribution in [3.8, 4) is 0 Å². The number of nitrogens with one attached hydrogen (secondary N) is 2. The number of allylic oxidation sites excluding steroid dienone is 1. The maximum atomic E-state index is 13.2. The number of anilines is 2. The molecular weight excluding hydrogens is 462 g/mol. The molecule has 0 heterocycles. The number of rotatable bonds is 5. The molecule has 4 N–H and O–H groups in total. The van der Waals surface area contributed by atoms with Crippen LogP contribution in [-0.2, 0) is 25.0 Å². The number of carbonyl (C=O) groups excluding carboxylic acids is 2. The van der Waals surface area contributed by atoms with Crippen LogP contribution in [0, 0.1) is 6.92 Å². The Balaban J connectivity index is 2.28. The maximum absolute atomic E-state index is 13.2. The van der Waals surface area contributed by atoms with E-state index in [2.05, 4.69) is 15.8 Å². The number of Topliss-reactive ketones (excluding diaryl/α,β-unsaturated/α-hetero) is 1. The zero-order chi connectivity index (χ0) is 23.8. The predicted octanol–water partition coefficient (Wildman–Crippen LogP) is 2.09. The molecule has 0 spiro atoms. The van der Waals surface area contributed by atoms with E-state index in [-0.39, 0.29) is 16.8 Å². The average molecular weight is 479 g/mol. The van der Waals surface area contributed by atoms with Gasteiger partial charge in [0.1, 0.15) is 4.91 Å². The van der Waals surface area contributed by atoms with Crippen molar-refractivity contribution in [3.63, 3.8) is 0 Å². The lowest BCUT2D eigenvalue weighted by Crippen LogP contribution is -2.28. The van der Waals surface area contributed by atoms with Crippen molar-refractivity contribution in [1.82, 2.24) is 0 Å². The van der Waals surface area contributed by atoms with E-state index in [1.54, 1.807) is 31.2 Å². The Kier molecular flexibility index (Phi) is 6.02. The molecule has 0 saturated carbocycles. The van der Waals surface area contributed by atoms with Crippen molar-refractivity contribution < 1.29 is 35.5 Å². The minimum atomic E-state index is -4.98. The predicted molar refractivity (Wildman–Crippen MR) is 117 cm³/mol. The number of nitrogens with zero attached hydrogens (tertiary/aromatic N) is 1. The lowest BCUT2D eigenvalue weighted by Gasteiger charge is -2.20. The minimum absolute atomic E-state index is 0.267. The third-order valence-electron chi connectivity index (χ3n) is 4.42. The molecule has 2 aromatic rings. The van der Waals surface area contributed by atoms with Crippen LogP contribution in [0.5, 0.6) is 0 Å². The third-order valence-corrected chi connectivity index (χ3v) is 6.12. The first-order valence-corrected chi connectivity index (χ1v) is 11.7. The molecule has 11 nitrogen and oxygen atoms in total. The van der Waals surface area contributed by atoms with Crippen molar-refractivity contribution in [3.05, 3.63) is 58.0 Å². The van der Waals surface area contributed by atoms with Gasteiger partial charge in [-0.3, -0.25) is 24.1 Å². The van der Waals surface area contributed by atoms with Crippen LogP contribution in [-0.4, -0.2) is 43.3 Å². The number of para-hydroxylation sites is 1. The number of hydrogen-bond acceptors (Lipinski definition) is 8. The fourth-order valence-corrected chi connectivity index (χ4v) is 4.20. The normalized spacial score (nSPS) is 15.2. The van der Waals surface area contributed by atoms with Crippen LogP contribution >= 0.6 is 0 Å². The van der Waals surface area contributed by atoms with Crippen LogP contribution in [0.3, 0.4) is 0 Å². The smallest absolute Gasteiger partial charge is 0.296 e. The van der Waals surface area contributed by atoms with E-state index in [1.165, 1.54) is 0 Å². The van der Waals surface area contributed by atoms with E-state index >= 15 is 0 Å². The molecule has 1 aliphatic carbocycles. The van der Waals surface area contributed by atoms with Crippen LogP contribution in [0.4, 0.5) is 11.4 Å². The average Bonchev–Trinajstić information content (AvgIpc) is 2.66. The van der Waals surface area contributed by atoms with Gasteiger partial charge in [0.25, 0.3) is 20.2 Å². The molecule has 0 radical (unpaired) electrons. The van der Waals surface area contributed by atoms with E-state index in [9.17, 15) is 35.5 Å². The van der Waals surface area contributed by atoms with Crippen LogP contribution in [0.25, 0.3) is 6.08 Å². The Morgan fingerprint density at radius 3 is 2.22 bits per heavy atom. The highest BCUT2D eigenvalue weighted by Gasteiger charge is 2.35. The van der Waals surface area contributed by atoms with Gasteiger partial charge in [0, 0.05) is 6.92 Å². The zero-order valence-electron chi connectivity index (χ0n) is 16.6. The number of amides is 1. The molecule has 32 heavy (non-hydrogen) atoms. The summed E-state index contributed by atoms with van der Waals surface area (Å²) in [6, 6.07) is 8.49. The van der Waals surface area contributed by atoms with Crippen molar-refractivity contribution in [1.29, 1.82) is 0 Å². The second-order valence-electron chi connectivity index (χ2n) is 6.79. The van der Waals surface area contributed by atoms with Gasteiger partial charge in [-0.25, -0.2) is 0 Å². The number of aryl methyl sites for hydroxylation is 1. The van der Waals surface area contributed by atoms with Gasteiger partial charge < -0.3 is 5.32 Å². The van der Waals surface area contributed by atoms with Gasteiger partial charge in [-0.15, -0.1) is 0 Å². The highest BCUT2D eigenvalue weighted by atomic mass is 32.2. The summed E-state index contributed by atoms with van der Waals surface area (Å²) in [7, 11) is -9.76. The highest BCUT2D eigenvalue weighted by molar-refractivity contribution is 7.91. The van der Waals surface area contributed by atoms with E-state index in [0.717, 1.165) is 30.7 Å². The molecule has 0 unspecified atom stereocenters. The summed E-state index contributed by atoms with van der Waals surface area (Å²) < 4.78 is 66.2. The first-order valence-electron chi connectivity index (χ1n) is 8.85. The summed E-state index contributed by atoms with van der Waals surface area (Å²) in [4.78, 5) is 23.2. The molecule has 13 heteroatoms. The second kappa shape index (κ2) is 8.27. The molecule has 2 aromatic carbocycles. The van der Waals surface area contributed by atoms with Gasteiger partial charge in [0.2, 0.25) is 11.7 Å². The Hall–Kier alpha value is -3.39. The summed E-state index contributed by atoms with van der Waals surface area (Å²) in [5, 5.41) is 6.14. The van der Waals surface area contributed by atoms with E-state index in [0.29, 0.717) is 5.69 Å². The monoisotopic (exact) mass is 479 g/mol. The topological polar surface area (TPSA) is 179 Å². The molecule has 3 rings (SSSR count). The van der Waals surface area contributed by atoms with Gasteiger partial charge in [-0.05, 0) is 42.3 Å². The Labute approximate surface area is 183 Å². The highest BCUT2D eigenvalue weighted by Crippen LogP contribution is 2.33. The van der Waals surface area contributed by atoms with Gasteiger partial charge in [0.15, 0.2) is 5.71 Å². The summed E-state index contributed by atoms with van der Waals surface area (Å²) in [6.45, 7) is 2.85. The van der Waals surface area contributed by atoms with Gasteiger partial charge in [-0.1, -0.05) is 18.2 Å². The Morgan fingerprint density at radius 2 is 1.66 bits per heavy atom. The van der Waals surface area contributed by atoms with Crippen molar-refractivity contribution in [2.75, 3.05) is 10.7 Å². The first kappa shape index (κ1) is 23.3. The Morgan fingerprint density at radius 1 is 1.00 bits per heavy atom. The second-order valence-corrected chi connectivity index (χ2v) is 9.60. The molecule has 1 aliphatic rings. The molecular formula is C19H17N3O8S2. The van der Waals surface area contributed by atoms with Gasteiger partial charge in [-0.2, -0.15) is 21.9 Å². The molecule has 0 fully saturated rings. The van der Waals surface area contributed by atoms with Crippen LogP contribution in [0.1, 0.15) is 28.4 Å². The van der Waals surface area contributed by atoms with Crippen LogP contribution in [0.2, 0.25) is 0 Å². The van der Waals surface area contributed by atoms with E-state index < -0.39 is 47.4 Å². The number of carbonyl (C=O) groups is 2. The fourth-order valence-electron chi connectivity index (χ4n) is 3.00. The molecule has 0 bridgehead atoms. The fraction of sp³-hybridized carbons (Fsp3) is 0.105. The van der Waals surface area contributed by atoms with E-state index in [1.807, 2.05) is 0 Å². The van der Waals surface area contributed by atoms with Crippen molar-refractivity contribution in [2.24, 2.45) is 5.10 Å². The number of ketones is 1. The number of fused-ring (bicyclic) bond motifs is 1. The molecule has 0 saturated heterocycles. The number of hydrazone groups is 1. The lowest BCUT2D eigenvalue weighted by atomic mass is 9.93. The lowest BCUT2D eigenvalue weighted by molar-refractivity contribution is -0.114. The first-order chi connectivity index (χ1) is 14.8. The largest absolute Gasteiger partial charge is 0.326 e. The van der Waals surface area contributed by atoms with E-state index in [4.69, 9.17) is 0 Å². The maximum Gasteiger partial charge on any atom is 0.296 e. The summed E-state index contributed by atoms with van der Waals surface area (Å²) in [5.41, 5.74) is 2.24. The number of benzene rings is 2. The Bertz CT molecular complexity index is 1420. The van der Waals surface area contributed by atoms with Crippen molar-refractivity contribution >= 4 is 55.1 Å². The summed E-state index contributed by atoms with van der Waals surface area (Å²) >= 11 is 0. The standard InChI is InChI=1S/C19H17N3O8S2/c1-10-5-3-4-6-14(10)21-22-18-16(32(28,29)30)8-12-7-13(31(25,26)27)9-15(20-11(2)23)17(12)19(18)24/h3-9,21H,1-2H3,(H,20,23)(H,25,26,27)(H,28,29,30)/b22-18-. The molecule has 0 aromatic heterocycles. The minimum Gasteiger partial charge on any atom is -0.326 e. The zero-order valence-corrected chi connectivity index (χ0v) is 18.3. The summed E-state index contributed by atoms with van der Waals surface area (Å²) in [5.74, 6) is -1.67. The van der Waals surface area contributed by atoms with Gasteiger partial charge in [0.05, 0.1) is 21.8 Å². The molecule has 1 amide bonds. The van der Waals surface area contributed by atoms with Crippen LogP contribution in [0.15, 0.2) is 51.3 Å². The molecule has 0 aliphatic heterocycles. The SMILES string of the molecule is CC(=O)Nc1cc(S(=O)(=O)O)cc2c1C(=O)/C(=N\Nc1ccccc1C)C(S(=O)(=O)O)=C2. The molecule has 168 valence electrons. The summed E-state index contributed by atoms with van der Waals surface area (Å²) in [6.07, 6.45) is 0.824.